The number of allylic oxidation sites excluding steroid dienone is 10. The molecule has 1 N–H and O–H groups in total. The summed E-state index contributed by atoms with van der Waals surface area (Å²) in [7, 11) is 0. The second-order valence-electron chi connectivity index (χ2n) is 6.35. The Kier molecular flexibility index (Phi) is 19.0. The molecule has 3 heteroatoms. The molecule has 0 aromatic heterocycles. The first kappa shape index (κ1) is 25.1. The van der Waals surface area contributed by atoms with E-state index in [2.05, 4.69) is 67.7 Å². The van der Waals surface area contributed by atoms with E-state index in [1.54, 1.807) is 0 Å². The summed E-state index contributed by atoms with van der Waals surface area (Å²) in [6.07, 6.45) is 28.9. The lowest BCUT2D eigenvalue weighted by Crippen LogP contribution is -2.17. The molecule has 152 valence electrons. The molecule has 0 spiro atoms. The van der Waals surface area contributed by atoms with Crippen LogP contribution in [0.1, 0.15) is 71.6 Å². The van der Waals surface area contributed by atoms with Crippen LogP contribution in [0.3, 0.4) is 0 Å². The fourth-order valence-corrected chi connectivity index (χ4v) is 2.11. The summed E-state index contributed by atoms with van der Waals surface area (Å²) in [5, 5.41) is 9.32. The van der Waals surface area contributed by atoms with Crippen LogP contribution < -0.4 is 0 Å². The maximum atomic E-state index is 11.4. The Morgan fingerprint density at radius 1 is 0.815 bits per heavy atom. The van der Waals surface area contributed by atoms with Crippen molar-refractivity contribution in [3.63, 3.8) is 0 Å². The van der Waals surface area contributed by atoms with Crippen molar-refractivity contribution in [1.82, 2.24) is 0 Å². The number of rotatable bonds is 16. The number of ether oxygens (including phenoxy) is 1. The van der Waals surface area contributed by atoms with Gasteiger partial charge in [0.05, 0.1) is 6.10 Å². The number of hydrogen-bond acceptors (Lipinski definition) is 3. The smallest absolute Gasteiger partial charge is 0.305 e. The number of carbonyl (C=O) groups is 1. The van der Waals surface area contributed by atoms with Gasteiger partial charge in [0, 0.05) is 6.42 Å². The van der Waals surface area contributed by atoms with Gasteiger partial charge in [-0.15, -0.1) is 0 Å². The third-order valence-corrected chi connectivity index (χ3v) is 3.82. The van der Waals surface area contributed by atoms with Gasteiger partial charge in [-0.3, -0.25) is 4.79 Å². The van der Waals surface area contributed by atoms with Crippen molar-refractivity contribution in [3.8, 4) is 0 Å². The van der Waals surface area contributed by atoms with Crippen molar-refractivity contribution < 1.29 is 14.6 Å². The van der Waals surface area contributed by atoms with Gasteiger partial charge in [0.2, 0.25) is 0 Å². The third kappa shape index (κ3) is 20.3. The van der Waals surface area contributed by atoms with Gasteiger partial charge in [-0.2, -0.15) is 0 Å². The highest BCUT2D eigenvalue weighted by molar-refractivity contribution is 5.69. The van der Waals surface area contributed by atoms with E-state index in [4.69, 9.17) is 4.74 Å². The first-order valence-corrected chi connectivity index (χ1v) is 10.3. The molecule has 27 heavy (non-hydrogen) atoms. The minimum atomic E-state index is -0.542. The predicted molar refractivity (Wildman–Crippen MR) is 116 cm³/mol. The molecule has 0 rings (SSSR count). The van der Waals surface area contributed by atoms with E-state index in [1.807, 2.05) is 6.92 Å². The first-order valence-electron chi connectivity index (χ1n) is 10.3. The van der Waals surface area contributed by atoms with Crippen LogP contribution in [0.2, 0.25) is 0 Å². The normalized spacial score (nSPS) is 13.7. The lowest BCUT2D eigenvalue weighted by molar-refractivity contribution is -0.146. The van der Waals surface area contributed by atoms with E-state index in [0.717, 1.165) is 44.9 Å². The summed E-state index contributed by atoms with van der Waals surface area (Å²) in [4.78, 5) is 11.4. The molecule has 3 nitrogen and oxygen atoms in total. The monoisotopic (exact) mass is 374 g/mol. The van der Waals surface area contributed by atoms with Crippen LogP contribution in [0.25, 0.3) is 0 Å². The second kappa shape index (κ2) is 20.4. The Bertz CT molecular complexity index is 484. The number of esters is 1. The van der Waals surface area contributed by atoms with Crippen molar-refractivity contribution in [2.24, 2.45) is 0 Å². The highest BCUT2D eigenvalue weighted by atomic mass is 16.5. The standard InChI is InChI=1S/C24H38O3/c1-3-5-6-7-8-9-10-11-12-13-14-15-16-17-18-19-20-21-24(26)27-22-23(25)4-2/h5-6,8-9,11-12,14-15,17-18,23,25H,3-4,7,10,13,16,19-22H2,1-2H3/b6-5-,9-8-,12-11-,15-14-,18-17-. The summed E-state index contributed by atoms with van der Waals surface area (Å²) in [6.45, 7) is 4.12. The Morgan fingerprint density at radius 2 is 1.30 bits per heavy atom. The lowest BCUT2D eigenvalue weighted by atomic mass is 10.2. The molecular formula is C24H38O3. The molecular weight excluding hydrogens is 336 g/mol. The van der Waals surface area contributed by atoms with Gasteiger partial charge in [-0.05, 0) is 51.4 Å². The van der Waals surface area contributed by atoms with Gasteiger partial charge in [0.25, 0.3) is 0 Å². The Hall–Kier alpha value is -1.87. The van der Waals surface area contributed by atoms with E-state index in [-0.39, 0.29) is 12.6 Å². The molecule has 0 aliphatic carbocycles. The van der Waals surface area contributed by atoms with Gasteiger partial charge in [0.1, 0.15) is 6.61 Å². The molecule has 0 saturated heterocycles. The maximum absolute atomic E-state index is 11.4. The van der Waals surface area contributed by atoms with Gasteiger partial charge < -0.3 is 9.84 Å². The summed E-state index contributed by atoms with van der Waals surface area (Å²) in [6, 6.07) is 0. The third-order valence-electron chi connectivity index (χ3n) is 3.82. The zero-order valence-corrected chi connectivity index (χ0v) is 17.2. The van der Waals surface area contributed by atoms with E-state index < -0.39 is 6.10 Å². The van der Waals surface area contributed by atoms with Gasteiger partial charge >= 0.3 is 5.97 Å². The zero-order chi connectivity index (χ0) is 20.0. The van der Waals surface area contributed by atoms with E-state index >= 15 is 0 Å². The summed E-state index contributed by atoms with van der Waals surface area (Å²) in [5.74, 6) is -0.227. The molecule has 0 aromatic carbocycles. The summed E-state index contributed by atoms with van der Waals surface area (Å²) >= 11 is 0. The van der Waals surface area contributed by atoms with Crippen molar-refractivity contribution in [2.75, 3.05) is 6.61 Å². The molecule has 0 radical (unpaired) electrons. The van der Waals surface area contributed by atoms with Crippen LogP contribution >= 0.6 is 0 Å². The molecule has 0 saturated carbocycles. The molecule has 1 atom stereocenters. The Labute approximate surface area is 166 Å². The van der Waals surface area contributed by atoms with Crippen molar-refractivity contribution in [2.45, 2.75) is 77.7 Å². The van der Waals surface area contributed by atoms with E-state index in [1.165, 1.54) is 0 Å². The average Bonchev–Trinajstić information content (AvgIpc) is 2.68. The molecule has 1 unspecified atom stereocenters. The summed E-state index contributed by atoms with van der Waals surface area (Å²) < 4.78 is 4.99. The number of aliphatic hydroxyl groups is 1. The number of aliphatic hydroxyl groups excluding tert-OH is 1. The van der Waals surface area contributed by atoms with Crippen LogP contribution in [-0.2, 0) is 9.53 Å². The van der Waals surface area contributed by atoms with E-state index in [9.17, 15) is 9.90 Å². The lowest BCUT2D eigenvalue weighted by Gasteiger charge is -2.08. The topological polar surface area (TPSA) is 46.5 Å². The molecule has 0 amide bonds. The molecule has 0 aliphatic rings. The Balaban J connectivity index is 3.53. The van der Waals surface area contributed by atoms with Crippen molar-refractivity contribution in [1.29, 1.82) is 0 Å². The number of carbonyl (C=O) groups excluding carboxylic acids is 1. The van der Waals surface area contributed by atoms with Crippen LogP contribution in [0.15, 0.2) is 60.8 Å². The zero-order valence-electron chi connectivity index (χ0n) is 17.2. The van der Waals surface area contributed by atoms with Gasteiger partial charge in [-0.25, -0.2) is 0 Å². The maximum Gasteiger partial charge on any atom is 0.305 e. The van der Waals surface area contributed by atoms with Crippen LogP contribution in [-0.4, -0.2) is 23.8 Å². The molecule has 0 aliphatic heterocycles. The molecule has 0 bridgehead atoms. The van der Waals surface area contributed by atoms with Crippen LogP contribution in [0, 0.1) is 0 Å². The highest BCUT2D eigenvalue weighted by Gasteiger charge is 2.05. The molecule has 0 heterocycles. The minimum Gasteiger partial charge on any atom is -0.463 e. The van der Waals surface area contributed by atoms with Crippen molar-refractivity contribution in [3.05, 3.63) is 60.8 Å². The minimum absolute atomic E-state index is 0.108. The second-order valence-corrected chi connectivity index (χ2v) is 6.35. The predicted octanol–water partition coefficient (Wildman–Crippen LogP) is 6.22. The average molecular weight is 375 g/mol. The number of unbranched alkanes of at least 4 members (excludes halogenated alkanes) is 1. The quantitative estimate of drug-likeness (QED) is 0.198. The van der Waals surface area contributed by atoms with Crippen molar-refractivity contribution >= 4 is 5.97 Å². The van der Waals surface area contributed by atoms with Crippen LogP contribution in [0.4, 0.5) is 0 Å². The van der Waals surface area contributed by atoms with Gasteiger partial charge in [-0.1, -0.05) is 74.6 Å². The molecule has 0 fully saturated rings. The largest absolute Gasteiger partial charge is 0.463 e. The highest BCUT2D eigenvalue weighted by Crippen LogP contribution is 2.02. The SMILES string of the molecule is CC/C=C\C/C=C\C/C=C\C/C=C\C/C=C\CCCC(=O)OCC(O)CC. The molecule has 0 aromatic rings. The fourth-order valence-electron chi connectivity index (χ4n) is 2.11. The van der Waals surface area contributed by atoms with Crippen LogP contribution in [0.5, 0.6) is 0 Å². The Morgan fingerprint density at radius 3 is 1.78 bits per heavy atom. The fraction of sp³-hybridized carbons (Fsp3) is 0.542. The van der Waals surface area contributed by atoms with Gasteiger partial charge in [0.15, 0.2) is 0 Å². The summed E-state index contributed by atoms with van der Waals surface area (Å²) in [5.41, 5.74) is 0. The number of hydrogen-bond donors (Lipinski definition) is 1. The van der Waals surface area contributed by atoms with E-state index in [0.29, 0.717) is 12.8 Å². The first-order chi connectivity index (χ1) is 13.2.